The number of aromatic amines is 1. The topological polar surface area (TPSA) is 39.3 Å². The van der Waals surface area contributed by atoms with Crippen molar-refractivity contribution < 1.29 is 4.79 Å². The first kappa shape index (κ1) is 15.9. The van der Waals surface area contributed by atoms with E-state index in [9.17, 15) is 4.79 Å². The van der Waals surface area contributed by atoms with Crippen LogP contribution in [0.2, 0.25) is 0 Å². The highest BCUT2D eigenvalue weighted by Crippen LogP contribution is 2.26. The van der Waals surface area contributed by atoms with E-state index in [2.05, 4.69) is 54.2 Å². The zero-order chi connectivity index (χ0) is 17.4. The molecule has 0 radical (unpaired) electrons. The Labute approximate surface area is 148 Å². The molecule has 1 N–H and O–H groups in total. The van der Waals surface area contributed by atoms with Crippen LogP contribution in [-0.2, 0) is 11.3 Å². The minimum atomic E-state index is 0.160. The number of amides is 1. The highest BCUT2D eigenvalue weighted by molar-refractivity contribution is 5.97. The van der Waals surface area contributed by atoms with Crippen molar-refractivity contribution in [1.82, 2.24) is 9.88 Å². The average Bonchev–Trinajstić information content (AvgIpc) is 2.99. The highest BCUT2D eigenvalue weighted by Gasteiger charge is 2.31. The Morgan fingerprint density at radius 1 is 1.12 bits per heavy atom. The fourth-order valence-electron chi connectivity index (χ4n) is 3.86. The first-order chi connectivity index (χ1) is 12.1. The number of para-hydroxylation sites is 2. The number of fused-ring (bicyclic) bond motifs is 1. The van der Waals surface area contributed by atoms with Gasteiger partial charge in [0.05, 0.1) is 6.54 Å². The number of nitrogens with zero attached hydrogens (tertiary/aromatic N) is 2. The van der Waals surface area contributed by atoms with Gasteiger partial charge in [0.25, 0.3) is 0 Å². The molecule has 0 spiro atoms. The van der Waals surface area contributed by atoms with E-state index in [0.717, 1.165) is 29.9 Å². The number of nitrogens with one attached hydrogen (secondary N) is 1. The molecule has 2 aromatic carbocycles. The number of piperazine rings is 1. The van der Waals surface area contributed by atoms with Crippen molar-refractivity contribution in [2.45, 2.75) is 26.4 Å². The van der Waals surface area contributed by atoms with Crippen LogP contribution in [0.4, 0.5) is 5.69 Å². The summed E-state index contributed by atoms with van der Waals surface area (Å²) < 4.78 is 0. The molecule has 4 nitrogen and oxygen atoms in total. The minimum absolute atomic E-state index is 0.160. The second-order valence-electron chi connectivity index (χ2n) is 6.93. The summed E-state index contributed by atoms with van der Waals surface area (Å²) in [5.74, 6) is 0.174. The van der Waals surface area contributed by atoms with Crippen molar-refractivity contribution >= 4 is 22.5 Å². The number of aryl methyl sites for hydroxylation is 1. The maximum Gasteiger partial charge on any atom is 0.241 e. The summed E-state index contributed by atoms with van der Waals surface area (Å²) in [5.41, 5.74) is 4.58. The van der Waals surface area contributed by atoms with Gasteiger partial charge in [-0.05, 0) is 37.1 Å². The zero-order valence-electron chi connectivity index (χ0n) is 14.7. The molecule has 1 fully saturated rings. The number of carbonyl (C=O) groups is 1. The van der Waals surface area contributed by atoms with Crippen LogP contribution in [-0.4, -0.2) is 34.9 Å². The highest BCUT2D eigenvalue weighted by atomic mass is 16.2. The molecule has 128 valence electrons. The minimum Gasteiger partial charge on any atom is -0.361 e. The number of carbonyl (C=O) groups excluding carboxylic acids is 1. The summed E-state index contributed by atoms with van der Waals surface area (Å²) >= 11 is 0. The number of anilines is 1. The molecule has 1 aliphatic heterocycles. The summed E-state index contributed by atoms with van der Waals surface area (Å²) in [6.07, 6.45) is 2.06. The molecule has 4 heteroatoms. The quantitative estimate of drug-likeness (QED) is 0.793. The van der Waals surface area contributed by atoms with Crippen LogP contribution in [0.3, 0.4) is 0 Å². The van der Waals surface area contributed by atoms with Crippen molar-refractivity contribution in [3.63, 3.8) is 0 Å². The fourth-order valence-corrected chi connectivity index (χ4v) is 3.86. The Kier molecular flexibility index (Phi) is 4.06. The molecule has 1 aromatic heterocycles. The van der Waals surface area contributed by atoms with E-state index in [4.69, 9.17) is 0 Å². The van der Waals surface area contributed by atoms with E-state index in [-0.39, 0.29) is 11.9 Å². The lowest BCUT2D eigenvalue weighted by Crippen LogP contribution is -2.55. The monoisotopic (exact) mass is 333 g/mol. The van der Waals surface area contributed by atoms with Gasteiger partial charge in [0.2, 0.25) is 5.91 Å². The average molecular weight is 333 g/mol. The molecular weight excluding hydrogens is 310 g/mol. The molecule has 0 bridgehead atoms. The van der Waals surface area contributed by atoms with E-state index in [0.29, 0.717) is 6.54 Å². The van der Waals surface area contributed by atoms with E-state index in [1.165, 1.54) is 10.9 Å². The van der Waals surface area contributed by atoms with E-state index < -0.39 is 0 Å². The Morgan fingerprint density at radius 2 is 1.88 bits per heavy atom. The van der Waals surface area contributed by atoms with Gasteiger partial charge in [-0.1, -0.05) is 36.4 Å². The summed E-state index contributed by atoms with van der Waals surface area (Å²) in [4.78, 5) is 20.4. The molecular formula is C21H23N3O. The summed E-state index contributed by atoms with van der Waals surface area (Å²) in [6, 6.07) is 16.6. The fraction of sp³-hybridized carbons (Fsp3) is 0.286. The summed E-state index contributed by atoms with van der Waals surface area (Å²) in [6.45, 7) is 6.32. The lowest BCUT2D eigenvalue weighted by Gasteiger charge is -2.40. The Morgan fingerprint density at radius 3 is 2.68 bits per heavy atom. The first-order valence-corrected chi connectivity index (χ1v) is 8.78. The van der Waals surface area contributed by atoms with Gasteiger partial charge in [0.15, 0.2) is 0 Å². The van der Waals surface area contributed by atoms with Gasteiger partial charge < -0.3 is 9.88 Å². The third-order valence-electron chi connectivity index (χ3n) is 5.03. The molecule has 2 heterocycles. The Balaban J connectivity index is 1.54. The molecule has 1 aliphatic rings. The predicted octanol–water partition coefficient (Wildman–Crippen LogP) is 3.71. The van der Waals surface area contributed by atoms with Gasteiger partial charge in [0, 0.05) is 41.9 Å². The van der Waals surface area contributed by atoms with Gasteiger partial charge in [-0.25, -0.2) is 0 Å². The molecule has 25 heavy (non-hydrogen) atoms. The standard InChI is InChI=1S/C21H23N3O/c1-15-7-3-6-10-20(15)24-16(2)12-23(14-21(24)25)13-17-11-22-19-9-5-4-8-18(17)19/h3-11,16,22H,12-14H2,1-2H3. The molecule has 1 unspecified atom stereocenters. The number of hydrogen-bond donors (Lipinski definition) is 1. The summed E-state index contributed by atoms with van der Waals surface area (Å²) in [7, 11) is 0. The lowest BCUT2D eigenvalue weighted by molar-refractivity contribution is -0.122. The molecule has 4 rings (SSSR count). The van der Waals surface area contributed by atoms with E-state index in [1.54, 1.807) is 0 Å². The van der Waals surface area contributed by atoms with Gasteiger partial charge in [0.1, 0.15) is 0 Å². The molecule has 1 amide bonds. The van der Waals surface area contributed by atoms with E-state index in [1.807, 2.05) is 29.2 Å². The normalized spacial score (nSPS) is 18.9. The number of H-pyrrole nitrogens is 1. The van der Waals surface area contributed by atoms with Crippen LogP contribution in [0.5, 0.6) is 0 Å². The molecule has 1 atom stereocenters. The van der Waals surface area contributed by atoms with Crippen LogP contribution < -0.4 is 4.90 Å². The van der Waals surface area contributed by atoms with Crippen molar-refractivity contribution in [3.8, 4) is 0 Å². The van der Waals surface area contributed by atoms with Crippen LogP contribution >= 0.6 is 0 Å². The molecule has 0 aliphatic carbocycles. The van der Waals surface area contributed by atoms with Crippen molar-refractivity contribution in [2.24, 2.45) is 0 Å². The number of aromatic nitrogens is 1. The first-order valence-electron chi connectivity index (χ1n) is 8.78. The third-order valence-corrected chi connectivity index (χ3v) is 5.03. The largest absolute Gasteiger partial charge is 0.361 e. The van der Waals surface area contributed by atoms with Gasteiger partial charge in [-0.15, -0.1) is 0 Å². The molecule has 0 saturated carbocycles. The number of rotatable bonds is 3. The van der Waals surface area contributed by atoms with Crippen molar-refractivity contribution in [1.29, 1.82) is 0 Å². The SMILES string of the molecule is Cc1ccccc1N1C(=O)CN(Cc2c[nH]c3ccccc23)CC1C. The number of benzene rings is 2. The lowest BCUT2D eigenvalue weighted by atomic mass is 10.1. The molecule has 3 aromatic rings. The maximum atomic E-state index is 12.8. The van der Waals surface area contributed by atoms with Crippen LogP contribution in [0.1, 0.15) is 18.1 Å². The van der Waals surface area contributed by atoms with Gasteiger partial charge in [-0.3, -0.25) is 9.69 Å². The Hall–Kier alpha value is -2.59. The predicted molar refractivity (Wildman–Crippen MR) is 102 cm³/mol. The van der Waals surface area contributed by atoms with Crippen molar-refractivity contribution in [2.75, 3.05) is 18.0 Å². The second-order valence-corrected chi connectivity index (χ2v) is 6.93. The van der Waals surface area contributed by atoms with E-state index >= 15 is 0 Å². The van der Waals surface area contributed by atoms with Crippen LogP contribution in [0.25, 0.3) is 10.9 Å². The zero-order valence-corrected chi connectivity index (χ0v) is 14.7. The third kappa shape index (κ3) is 2.94. The number of hydrogen-bond acceptors (Lipinski definition) is 2. The maximum absolute atomic E-state index is 12.8. The van der Waals surface area contributed by atoms with Crippen LogP contribution in [0, 0.1) is 6.92 Å². The van der Waals surface area contributed by atoms with Crippen molar-refractivity contribution in [3.05, 3.63) is 65.9 Å². The smallest absolute Gasteiger partial charge is 0.241 e. The van der Waals surface area contributed by atoms with Gasteiger partial charge >= 0.3 is 0 Å². The van der Waals surface area contributed by atoms with Gasteiger partial charge in [-0.2, -0.15) is 0 Å². The summed E-state index contributed by atoms with van der Waals surface area (Å²) in [5, 5.41) is 1.24. The van der Waals surface area contributed by atoms with Crippen LogP contribution in [0.15, 0.2) is 54.7 Å². The molecule has 1 saturated heterocycles. The second kappa shape index (κ2) is 6.37. The Bertz CT molecular complexity index is 914.